The first kappa shape index (κ1) is 14.7. The van der Waals surface area contributed by atoms with Crippen LogP contribution >= 0.6 is 11.8 Å². The number of hydrogen-bond acceptors (Lipinski definition) is 7. The third-order valence-corrected chi connectivity index (χ3v) is 4.10. The summed E-state index contributed by atoms with van der Waals surface area (Å²) in [7, 11) is 0. The number of aliphatic carboxylic acids is 1. The summed E-state index contributed by atoms with van der Waals surface area (Å²) >= 11 is 1.17. The van der Waals surface area contributed by atoms with Gasteiger partial charge < -0.3 is 35.6 Å². The molecule has 1 fully saturated rings. The first-order valence-corrected chi connectivity index (χ1v) is 6.29. The van der Waals surface area contributed by atoms with E-state index in [4.69, 9.17) is 5.11 Å². The predicted molar refractivity (Wildman–Crippen MR) is 56.7 cm³/mol. The van der Waals surface area contributed by atoms with E-state index in [1.807, 2.05) is 0 Å². The lowest BCUT2D eigenvalue weighted by Gasteiger charge is -2.26. The Bertz CT molecular complexity index is 276. The number of carboxylic acid groups (broad SMARTS) is 1. The number of rotatable bonds is 5. The molecule has 0 aromatic heterocycles. The Morgan fingerprint density at radius 2 is 1.94 bits per heavy atom. The van der Waals surface area contributed by atoms with Crippen molar-refractivity contribution in [1.29, 1.82) is 0 Å². The highest BCUT2D eigenvalue weighted by molar-refractivity contribution is 8.00. The van der Waals surface area contributed by atoms with Crippen LogP contribution in [0.3, 0.4) is 0 Å². The number of hydrogen-bond donors (Lipinski definition) is 5. The maximum atomic E-state index is 10.6. The number of carbonyl (C=O) groups is 1. The van der Waals surface area contributed by atoms with Crippen molar-refractivity contribution in [2.75, 3.05) is 5.75 Å². The zero-order valence-corrected chi connectivity index (χ0v) is 10.1. The summed E-state index contributed by atoms with van der Waals surface area (Å²) < 4.78 is 0. The molecule has 0 aliphatic carbocycles. The third-order valence-electron chi connectivity index (χ3n) is 2.72. The van der Waals surface area contributed by atoms with Gasteiger partial charge in [0.2, 0.25) is 0 Å². The molecule has 0 aromatic carbocycles. The van der Waals surface area contributed by atoms with Crippen molar-refractivity contribution in [1.82, 2.24) is 0 Å². The summed E-state index contributed by atoms with van der Waals surface area (Å²) in [6, 6.07) is -0.768. The monoisotopic (exact) mass is 267 g/mol. The van der Waals surface area contributed by atoms with Crippen LogP contribution in [-0.2, 0) is 4.79 Å². The van der Waals surface area contributed by atoms with Crippen LogP contribution in [0.25, 0.3) is 0 Å². The second-order valence-electron chi connectivity index (χ2n) is 4.13. The minimum absolute atomic E-state index is 0.265. The molecule has 1 aliphatic rings. The van der Waals surface area contributed by atoms with E-state index >= 15 is 0 Å². The topological polar surface area (TPSA) is 138 Å². The SMILES string of the molecule is C[C@H](O)[C@H](O)[C@H](O)[C@H](O)[C@@H]1[NH2+][C@H](C(=O)[O-])CS1. The summed E-state index contributed by atoms with van der Waals surface area (Å²) in [6.45, 7) is 1.29. The van der Waals surface area contributed by atoms with Gasteiger partial charge in [-0.05, 0) is 6.92 Å². The highest BCUT2D eigenvalue weighted by Gasteiger charge is 2.41. The van der Waals surface area contributed by atoms with Gasteiger partial charge in [-0.1, -0.05) is 11.8 Å². The predicted octanol–water partition coefficient (Wildman–Crippen LogP) is -4.80. The molecule has 6 N–H and O–H groups in total. The fourth-order valence-electron chi connectivity index (χ4n) is 1.60. The van der Waals surface area contributed by atoms with Gasteiger partial charge in [-0.3, -0.25) is 0 Å². The van der Waals surface area contributed by atoms with Gasteiger partial charge in [0.1, 0.15) is 30.3 Å². The fraction of sp³-hybridized carbons (Fsp3) is 0.889. The van der Waals surface area contributed by atoms with E-state index in [2.05, 4.69) is 0 Å². The number of carboxylic acids is 1. The van der Waals surface area contributed by atoms with E-state index in [1.165, 1.54) is 24.0 Å². The largest absolute Gasteiger partial charge is 0.544 e. The minimum Gasteiger partial charge on any atom is -0.544 e. The average Bonchev–Trinajstić information content (AvgIpc) is 2.75. The normalized spacial score (nSPS) is 31.8. The zero-order chi connectivity index (χ0) is 13.2. The molecule has 17 heavy (non-hydrogen) atoms. The number of aliphatic hydroxyl groups is 4. The van der Waals surface area contributed by atoms with E-state index < -0.39 is 41.8 Å². The van der Waals surface area contributed by atoms with E-state index in [-0.39, 0.29) is 5.75 Å². The summed E-state index contributed by atoms with van der Waals surface area (Å²) in [5.41, 5.74) is 0. The van der Waals surface area contributed by atoms with Crippen LogP contribution in [0.15, 0.2) is 0 Å². The highest BCUT2D eigenvalue weighted by Crippen LogP contribution is 2.19. The second kappa shape index (κ2) is 5.98. The molecule has 0 saturated carbocycles. The fourth-order valence-corrected chi connectivity index (χ4v) is 2.93. The molecule has 1 saturated heterocycles. The molecule has 0 amide bonds. The van der Waals surface area contributed by atoms with Crippen LogP contribution in [0.1, 0.15) is 6.92 Å². The van der Waals surface area contributed by atoms with Crippen LogP contribution in [0.2, 0.25) is 0 Å². The molecule has 0 spiro atoms. The Kier molecular flexibility index (Phi) is 5.17. The van der Waals surface area contributed by atoms with Gasteiger partial charge >= 0.3 is 0 Å². The van der Waals surface area contributed by atoms with Crippen molar-refractivity contribution < 1.29 is 35.6 Å². The quantitative estimate of drug-likeness (QED) is 0.337. The Hall–Kier alpha value is -0.380. The molecular weight excluding hydrogens is 250 g/mol. The van der Waals surface area contributed by atoms with Gasteiger partial charge in [0.15, 0.2) is 5.37 Å². The molecule has 1 aliphatic heterocycles. The van der Waals surface area contributed by atoms with Crippen molar-refractivity contribution in [3.63, 3.8) is 0 Å². The number of quaternary nitrogens is 1. The summed E-state index contributed by atoms with van der Waals surface area (Å²) in [4.78, 5) is 10.6. The molecule has 7 nitrogen and oxygen atoms in total. The van der Waals surface area contributed by atoms with E-state index in [0.717, 1.165) is 0 Å². The molecule has 0 radical (unpaired) electrons. The summed E-state index contributed by atoms with van der Waals surface area (Å²) in [6.07, 6.45) is -5.50. The molecule has 1 heterocycles. The van der Waals surface area contributed by atoms with Crippen molar-refractivity contribution in [2.24, 2.45) is 0 Å². The Morgan fingerprint density at radius 1 is 1.35 bits per heavy atom. The molecule has 100 valence electrons. The molecular formula is C9H17NO6S. The van der Waals surface area contributed by atoms with Gasteiger partial charge in [-0.25, -0.2) is 0 Å². The second-order valence-corrected chi connectivity index (χ2v) is 5.34. The van der Waals surface area contributed by atoms with Crippen molar-refractivity contribution >= 4 is 17.7 Å². The van der Waals surface area contributed by atoms with Gasteiger partial charge in [0.25, 0.3) is 0 Å². The van der Waals surface area contributed by atoms with Gasteiger partial charge in [0, 0.05) is 0 Å². The number of aliphatic hydroxyl groups excluding tert-OH is 4. The zero-order valence-electron chi connectivity index (χ0n) is 9.26. The van der Waals surface area contributed by atoms with Crippen LogP contribution in [-0.4, -0.2) is 68.0 Å². The van der Waals surface area contributed by atoms with Crippen LogP contribution in [0, 0.1) is 0 Å². The number of nitrogens with two attached hydrogens (primary N) is 1. The van der Waals surface area contributed by atoms with Crippen LogP contribution < -0.4 is 10.4 Å². The lowest BCUT2D eigenvalue weighted by molar-refractivity contribution is -0.692. The number of thioether (sulfide) groups is 1. The molecule has 0 bridgehead atoms. The van der Waals surface area contributed by atoms with E-state index in [0.29, 0.717) is 0 Å². The Morgan fingerprint density at radius 3 is 2.35 bits per heavy atom. The molecule has 0 unspecified atom stereocenters. The third kappa shape index (κ3) is 3.54. The average molecular weight is 267 g/mol. The number of carbonyl (C=O) groups excluding carboxylic acids is 1. The summed E-state index contributed by atoms with van der Waals surface area (Å²) in [5, 5.41) is 49.2. The Labute approximate surface area is 102 Å². The molecule has 6 atom stereocenters. The van der Waals surface area contributed by atoms with Crippen molar-refractivity contribution in [3.8, 4) is 0 Å². The van der Waals surface area contributed by atoms with Gasteiger partial charge in [0.05, 0.1) is 11.9 Å². The van der Waals surface area contributed by atoms with Gasteiger partial charge in [-0.2, -0.15) is 0 Å². The standard InChI is InChI=1S/C9H17NO6S/c1-3(11)5(12)6(13)7(14)8-10-4(2-17-8)9(15)16/h3-8,10-14H,2H2,1H3,(H,15,16)/t3-,4-,5-,6-,7-,8+/m0/s1. The highest BCUT2D eigenvalue weighted by atomic mass is 32.2. The Balaban J connectivity index is 2.54. The van der Waals surface area contributed by atoms with Crippen LogP contribution in [0.5, 0.6) is 0 Å². The lowest BCUT2D eigenvalue weighted by Crippen LogP contribution is -2.96. The van der Waals surface area contributed by atoms with Gasteiger partial charge in [-0.15, -0.1) is 0 Å². The molecule has 8 heteroatoms. The lowest BCUT2D eigenvalue weighted by atomic mass is 10.0. The van der Waals surface area contributed by atoms with E-state index in [9.17, 15) is 25.2 Å². The first-order chi connectivity index (χ1) is 7.84. The maximum Gasteiger partial charge on any atom is 0.162 e. The van der Waals surface area contributed by atoms with Crippen LogP contribution in [0.4, 0.5) is 0 Å². The molecule has 0 aromatic rings. The van der Waals surface area contributed by atoms with Crippen molar-refractivity contribution in [3.05, 3.63) is 0 Å². The first-order valence-electron chi connectivity index (χ1n) is 5.24. The minimum atomic E-state index is -1.52. The molecule has 1 rings (SSSR count). The smallest absolute Gasteiger partial charge is 0.162 e. The van der Waals surface area contributed by atoms with E-state index in [1.54, 1.807) is 0 Å². The maximum absolute atomic E-state index is 10.6. The summed E-state index contributed by atoms with van der Waals surface area (Å²) in [5.74, 6) is -0.959. The van der Waals surface area contributed by atoms with Crippen molar-refractivity contribution in [2.45, 2.75) is 42.8 Å².